The molecular formula is C21H32FN. The first kappa shape index (κ1) is 18.2. The Morgan fingerprint density at radius 3 is 1.96 bits per heavy atom. The predicted octanol–water partition coefficient (Wildman–Crippen LogP) is 6.72. The lowest BCUT2D eigenvalue weighted by Gasteiger charge is -2.28. The molecule has 2 fully saturated rings. The maximum Gasteiger partial charge on any atom is 0.196 e. The molecule has 0 heterocycles. The van der Waals surface area contributed by atoms with Crippen LogP contribution < -0.4 is 0 Å². The van der Waals surface area contributed by atoms with Gasteiger partial charge in [0.15, 0.2) is 5.83 Å². The molecule has 0 radical (unpaired) electrons. The van der Waals surface area contributed by atoms with Crippen LogP contribution in [0.4, 0.5) is 4.39 Å². The molecule has 0 saturated heterocycles. The normalized spacial score (nSPS) is 32.8. The lowest BCUT2D eigenvalue weighted by Crippen LogP contribution is -2.14. The Morgan fingerprint density at radius 2 is 1.48 bits per heavy atom. The quantitative estimate of drug-likeness (QED) is 0.394. The van der Waals surface area contributed by atoms with Gasteiger partial charge in [-0.05, 0) is 94.0 Å². The van der Waals surface area contributed by atoms with Crippen molar-refractivity contribution in [3.05, 3.63) is 24.1 Å². The Balaban J connectivity index is 1.63. The van der Waals surface area contributed by atoms with Gasteiger partial charge in [-0.1, -0.05) is 25.5 Å². The lowest BCUT2D eigenvalue weighted by molar-refractivity contribution is 0.289. The standard InChI is InChI=1S/C21H32FN/c1-2-17-6-8-19(9-7-17)14-15-20-12-10-18(11-13-20)4-3-5-21(22)16-23/h5,14-15,17-20H,2-4,6-13H2,1H3/t17-,18?,19-,20?. The Labute approximate surface area is 141 Å². The third kappa shape index (κ3) is 6.50. The fourth-order valence-corrected chi connectivity index (χ4v) is 4.26. The molecule has 0 aromatic heterocycles. The van der Waals surface area contributed by atoms with Crippen LogP contribution in [-0.2, 0) is 0 Å². The summed E-state index contributed by atoms with van der Waals surface area (Å²) in [5, 5.41) is 8.40. The van der Waals surface area contributed by atoms with Crippen molar-refractivity contribution in [1.29, 1.82) is 5.26 Å². The molecule has 23 heavy (non-hydrogen) atoms. The summed E-state index contributed by atoms with van der Waals surface area (Å²) in [5.74, 6) is 2.67. The molecule has 2 aliphatic carbocycles. The summed E-state index contributed by atoms with van der Waals surface area (Å²) in [6.07, 6.45) is 20.3. The van der Waals surface area contributed by atoms with Gasteiger partial charge in [-0.2, -0.15) is 9.65 Å². The van der Waals surface area contributed by atoms with E-state index in [1.165, 1.54) is 63.9 Å². The first-order valence-electron chi connectivity index (χ1n) is 9.65. The third-order valence-electron chi connectivity index (χ3n) is 6.02. The Bertz CT molecular complexity index is 429. The minimum atomic E-state index is -0.626. The molecule has 0 N–H and O–H groups in total. The molecule has 0 amide bonds. The van der Waals surface area contributed by atoms with Crippen LogP contribution in [0.25, 0.3) is 0 Å². The van der Waals surface area contributed by atoms with Gasteiger partial charge >= 0.3 is 0 Å². The SMILES string of the molecule is CC[C@H]1CC[C@H](C=CC2CCC(CCC=C(F)C#N)CC2)CC1. The average molecular weight is 317 g/mol. The molecule has 0 aromatic carbocycles. The number of rotatable bonds is 6. The van der Waals surface area contributed by atoms with Crippen molar-refractivity contribution in [3.8, 4) is 6.07 Å². The van der Waals surface area contributed by atoms with Gasteiger partial charge < -0.3 is 0 Å². The summed E-state index contributed by atoms with van der Waals surface area (Å²) in [7, 11) is 0. The fraction of sp³-hybridized carbons (Fsp3) is 0.762. The zero-order chi connectivity index (χ0) is 16.5. The Kier molecular flexibility index (Phi) is 7.86. The topological polar surface area (TPSA) is 23.8 Å². The van der Waals surface area contributed by atoms with E-state index in [0.29, 0.717) is 6.42 Å². The Hall–Kier alpha value is -1.10. The van der Waals surface area contributed by atoms with Crippen LogP contribution in [0, 0.1) is 35.0 Å². The lowest BCUT2D eigenvalue weighted by atomic mass is 9.78. The number of hydrogen-bond acceptors (Lipinski definition) is 1. The van der Waals surface area contributed by atoms with Gasteiger partial charge in [0.25, 0.3) is 0 Å². The Morgan fingerprint density at radius 1 is 0.957 bits per heavy atom. The van der Waals surface area contributed by atoms with Gasteiger partial charge in [0.2, 0.25) is 0 Å². The van der Waals surface area contributed by atoms with E-state index >= 15 is 0 Å². The van der Waals surface area contributed by atoms with E-state index in [1.54, 1.807) is 6.07 Å². The summed E-state index contributed by atoms with van der Waals surface area (Å²) in [5.41, 5.74) is 0. The second kappa shape index (κ2) is 9.91. The molecule has 128 valence electrons. The molecule has 0 spiro atoms. The highest BCUT2D eigenvalue weighted by Crippen LogP contribution is 2.35. The molecule has 0 unspecified atom stereocenters. The molecule has 0 aromatic rings. The van der Waals surface area contributed by atoms with Crippen molar-refractivity contribution >= 4 is 0 Å². The van der Waals surface area contributed by atoms with E-state index in [0.717, 1.165) is 30.1 Å². The van der Waals surface area contributed by atoms with Crippen LogP contribution in [0.3, 0.4) is 0 Å². The predicted molar refractivity (Wildman–Crippen MR) is 94.4 cm³/mol. The van der Waals surface area contributed by atoms with E-state index in [9.17, 15) is 4.39 Å². The maximum atomic E-state index is 12.8. The van der Waals surface area contributed by atoms with Gasteiger partial charge in [-0.3, -0.25) is 0 Å². The van der Waals surface area contributed by atoms with E-state index in [-0.39, 0.29) is 0 Å². The number of halogens is 1. The monoisotopic (exact) mass is 317 g/mol. The van der Waals surface area contributed by atoms with Crippen molar-refractivity contribution in [3.63, 3.8) is 0 Å². The summed E-state index contributed by atoms with van der Waals surface area (Å²) in [6.45, 7) is 2.32. The minimum absolute atomic E-state index is 0.626. The largest absolute Gasteiger partial charge is 0.196 e. The van der Waals surface area contributed by atoms with Crippen LogP contribution in [-0.4, -0.2) is 0 Å². The van der Waals surface area contributed by atoms with E-state index in [1.807, 2.05) is 0 Å². The summed E-state index contributed by atoms with van der Waals surface area (Å²) < 4.78 is 12.8. The first-order valence-corrected chi connectivity index (χ1v) is 9.65. The van der Waals surface area contributed by atoms with E-state index in [4.69, 9.17) is 5.26 Å². The summed E-state index contributed by atoms with van der Waals surface area (Å²) in [6, 6.07) is 1.55. The summed E-state index contributed by atoms with van der Waals surface area (Å²) >= 11 is 0. The zero-order valence-electron chi connectivity index (χ0n) is 14.6. The molecule has 0 aliphatic heterocycles. The van der Waals surface area contributed by atoms with Crippen molar-refractivity contribution in [1.82, 2.24) is 0 Å². The number of hydrogen-bond donors (Lipinski definition) is 0. The van der Waals surface area contributed by atoms with Crippen molar-refractivity contribution in [2.75, 3.05) is 0 Å². The highest BCUT2D eigenvalue weighted by Gasteiger charge is 2.21. The zero-order valence-corrected chi connectivity index (χ0v) is 14.6. The van der Waals surface area contributed by atoms with Crippen LogP contribution >= 0.6 is 0 Å². The van der Waals surface area contributed by atoms with Crippen LogP contribution in [0.1, 0.15) is 77.6 Å². The number of nitriles is 1. The van der Waals surface area contributed by atoms with Crippen molar-refractivity contribution in [2.24, 2.45) is 23.7 Å². The smallest absolute Gasteiger partial charge is 0.195 e. The summed E-state index contributed by atoms with van der Waals surface area (Å²) in [4.78, 5) is 0. The first-order chi connectivity index (χ1) is 11.2. The maximum absolute atomic E-state index is 12.8. The molecule has 0 bridgehead atoms. The minimum Gasteiger partial charge on any atom is -0.195 e. The van der Waals surface area contributed by atoms with Crippen LogP contribution in [0.2, 0.25) is 0 Å². The van der Waals surface area contributed by atoms with Crippen LogP contribution in [0.15, 0.2) is 24.1 Å². The molecule has 1 nitrogen and oxygen atoms in total. The van der Waals surface area contributed by atoms with E-state index < -0.39 is 5.83 Å². The van der Waals surface area contributed by atoms with Gasteiger partial charge in [-0.25, -0.2) is 0 Å². The molecule has 2 saturated carbocycles. The van der Waals surface area contributed by atoms with Crippen molar-refractivity contribution in [2.45, 2.75) is 77.6 Å². The fourth-order valence-electron chi connectivity index (χ4n) is 4.26. The molecular weight excluding hydrogens is 285 g/mol. The van der Waals surface area contributed by atoms with Gasteiger partial charge in [0.1, 0.15) is 6.07 Å². The molecule has 2 aliphatic rings. The second-order valence-electron chi connectivity index (χ2n) is 7.60. The average Bonchev–Trinajstić information content (AvgIpc) is 2.61. The van der Waals surface area contributed by atoms with Gasteiger partial charge in [0, 0.05) is 0 Å². The molecule has 2 heteroatoms. The highest BCUT2D eigenvalue weighted by atomic mass is 19.1. The number of allylic oxidation sites excluding steroid dienone is 4. The second-order valence-corrected chi connectivity index (χ2v) is 7.60. The highest BCUT2D eigenvalue weighted by molar-refractivity contribution is 5.11. The number of nitrogens with zero attached hydrogens (tertiary/aromatic N) is 1. The third-order valence-corrected chi connectivity index (χ3v) is 6.02. The molecule has 2 rings (SSSR count). The van der Waals surface area contributed by atoms with E-state index in [2.05, 4.69) is 19.1 Å². The van der Waals surface area contributed by atoms with Gasteiger partial charge in [-0.15, -0.1) is 0 Å². The molecule has 0 atom stereocenters. The van der Waals surface area contributed by atoms with Gasteiger partial charge in [0.05, 0.1) is 0 Å². The van der Waals surface area contributed by atoms with Crippen molar-refractivity contribution < 1.29 is 4.39 Å². The van der Waals surface area contributed by atoms with Crippen LogP contribution in [0.5, 0.6) is 0 Å².